The minimum Gasteiger partial charge on any atom is -0.344 e. The molecule has 1 rings (SSSR count). The normalized spacial score (nSPS) is 19.4. The molecule has 2 atom stereocenters. The Bertz CT molecular complexity index is 443. The fourth-order valence-corrected chi connectivity index (χ4v) is 2.62. The second-order valence-corrected chi connectivity index (χ2v) is 5.50. The lowest BCUT2D eigenvalue weighted by Crippen LogP contribution is -2.52. The van der Waals surface area contributed by atoms with Gasteiger partial charge in [0.15, 0.2) is 0 Å². The molecule has 0 fully saturated rings. The molecule has 0 spiro atoms. The lowest BCUT2D eigenvalue weighted by atomic mass is 10.0. The summed E-state index contributed by atoms with van der Waals surface area (Å²) in [6, 6.07) is -0.766. The van der Waals surface area contributed by atoms with E-state index in [1.54, 1.807) is 6.92 Å². The maximum absolute atomic E-state index is 12.7. The highest BCUT2D eigenvalue weighted by Gasteiger charge is 2.37. The summed E-state index contributed by atoms with van der Waals surface area (Å²) in [6.45, 7) is 7.61. The minimum absolute atomic E-state index is 0.159. The summed E-state index contributed by atoms with van der Waals surface area (Å²) in [5, 5.41) is 2.74. The molecule has 0 saturated heterocycles. The van der Waals surface area contributed by atoms with Crippen LogP contribution in [0.4, 0.5) is 0 Å². The first-order valence-corrected chi connectivity index (χ1v) is 7.80. The molecule has 0 aliphatic carbocycles. The number of carbonyl (C=O) groups excluding carboxylic acids is 3. The molecular weight excluding hydrogens is 268 g/mol. The van der Waals surface area contributed by atoms with Crippen molar-refractivity contribution >= 4 is 17.7 Å². The highest BCUT2D eigenvalue weighted by atomic mass is 16.2. The Balaban J connectivity index is 2.91. The number of hydrogen-bond donors (Lipinski definition) is 1. The topological polar surface area (TPSA) is 66.5 Å². The maximum Gasteiger partial charge on any atom is 0.253 e. The standard InChI is InChI=1S/C16H26N2O3/c1-5-8-12(17-14(19)7-3)16(21)18-13(9-6-2)11(4)10-15(18)20/h10,12-13H,5-9H2,1-4H3,(H,17,19)/t12-,13?/m1/s1. The Morgan fingerprint density at radius 1 is 1.29 bits per heavy atom. The zero-order valence-corrected chi connectivity index (χ0v) is 13.4. The summed E-state index contributed by atoms with van der Waals surface area (Å²) < 4.78 is 0. The van der Waals surface area contributed by atoms with E-state index in [1.165, 1.54) is 11.0 Å². The van der Waals surface area contributed by atoms with Gasteiger partial charge in [-0.2, -0.15) is 0 Å². The molecular formula is C16H26N2O3. The van der Waals surface area contributed by atoms with Gasteiger partial charge < -0.3 is 5.32 Å². The summed E-state index contributed by atoms with van der Waals surface area (Å²) in [5.41, 5.74) is 0.923. The maximum atomic E-state index is 12.7. The third-order valence-corrected chi connectivity index (χ3v) is 3.76. The van der Waals surface area contributed by atoms with Crippen LogP contribution in [-0.2, 0) is 14.4 Å². The molecule has 0 aromatic heterocycles. The number of nitrogens with one attached hydrogen (secondary N) is 1. The summed E-state index contributed by atoms with van der Waals surface area (Å²) in [5.74, 6) is -0.705. The first-order valence-electron chi connectivity index (χ1n) is 7.80. The van der Waals surface area contributed by atoms with Crippen LogP contribution in [0.25, 0.3) is 0 Å². The minimum atomic E-state index is -0.606. The fourth-order valence-electron chi connectivity index (χ4n) is 2.62. The molecule has 1 unspecified atom stereocenters. The van der Waals surface area contributed by atoms with Crippen molar-refractivity contribution in [3.8, 4) is 0 Å². The van der Waals surface area contributed by atoms with E-state index >= 15 is 0 Å². The molecule has 0 aromatic carbocycles. The third kappa shape index (κ3) is 4.16. The van der Waals surface area contributed by atoms with Gasteiger partial charge in [-0.15, -0.1) is 0 Å². The zero-order valence-electron chi connectivity index (χ0n) is 13.4. The van der Waals surface area contributed by atoms with Crippen LogP contribution in [-0.4, -0.2) is 34.7 Å². The van der Waals surface area contributed by atoms with E-state index in [-0.39, 0.29) is 23.8 Å². The van der Waals surface area contributed by atoms with Crippen molar-refractivity contribution in [1.29, 1.82) is 0 Å². The van der Waals surface area contributed by atoms with E-state index in [0.29, 0.717) is 12.8 Å². The van der Waals surface area contributed by atoms with Crippen molar-refractivity contribution in [3.63, 3.8) is 0 Å². The monoisotopic (exact) mass is 294 g/mol. The van der Waals surface area contributed by atoms with Crippen LogP contribution < -0.4 is 5.32 Å². The van der Waals surface area contributed by atoms with Crippen LogP contribution in [0.5, 0.6) is 0 Å². The zero-order chi connectivity index (χ0) is 16.0. The van der Waals surface area contributed by atoms with Crippen LogP contribution in [0.2, 0.25) is 0 Å². The van der Waals surface area contributed by atoms with Crippen molar-refractivity contribution < 1.29 is 14.4 Å². The van der Waals surface area contributed by atoms with Crippen LogP contribution >= 0.6 is 0 Å². The Morgan fingerprint density at radius 2 is 1.95 bits per heavy atom. The molecule has 1 N–H and O–H groups in total. The highest BCUT2D eigenvalue weighted by Crippen LogP contribution is 2.24. The van der Waals surface area contributed by atoms with Crippen molar-refractivity contribution in [2.75, 3.05) is 0 Å². The van der Waals surface area contributed by atoms with Crippen LogP contribution in [0.1, 0.15) is 59.8 Å². The van der Waals surface area contributed by atoms with Crippen molar-refractivity contribution in [1.82, 2.24) is 10.2 Å². The highest BCUT2D eigenvalue weighted by molar-refractivity contribution is 6.06. The first kappa shape index (κ1) is 17.4. The Labute approximate surface area is 126 Å². The van der Waals surface area contributed by atoms with Gasteiger partial charge in [0, 0.05) is 12.5 Å². The molecule has 118 valence electrons. The average molecular weight is 294 g/mol. The summed E-state index contributed by atoms with van der Waals surface area (Å²) in [7, 11) is 0. The molecule has 5 nitrogen and oxygen atoms in total. The number of carbonyl (C=O) groups is 3. The molecule has 1 heterocycles. The molecule has 1 aliphatic heterocycles. The molecule has 0 bridgehead atoms. The predicted molar refractivity (Wildman–Crippen MR) is 81.4 cm³/mol. The van der Waals surface area contributed by atoms with E-state index in [9.17, 15) is 14.4 Å². The second-order valence-electron chi connectivity index (χ2n) is 5.50. The van der Waals surface area contributed by atoms with Gasteiger partial charge >= 0.3 is 0 Å². The molecule has 1 aliphatic rings. The predicted octanol–water partition coefficient (Wildman–Crippen LogP) is 2.17. The van der Waals surface area contributed by atoms with Gasteiger partial charge in [-0.3, -0.25) is 19.3 Å². The molecule has 5 heteroatoms. The Kier molecular flexibility index (Phi) is 6.59. The van der Waals surface area contributed by atoms with Crippen molar-refractivity contribution in [2.24, 2.45) is 0 Å². The number of imide groups is 1. The number of rotatable bonds is 7. The SMILES string of the molecule is CCCC1C(C)=CC(=O)N1C(=O)[C@@H](CCC)NC(=O)CC. The molecule has 0 aromatic rings. The fraction of sp³-hybridized carbons (Fsp3) is 0.688. The third-order valence-electron chi connectivity index (χ3n) is 3.76. The van der Waals surface area contributed by atoms with E-state index in [4.69, 9.17) is 0 Å². The average Bonchev–Trinajstić information content (AvgIpc) is 2.72. The number of hydrogen-bond acceptors (Lipinski definition) is 3. The van der Waals surface area contributed by atoms with Gasteiger partial charge in [-0.25, -0.2) is 0 Å². The van der Waals surface area contributed by atoms with Crippen LogP contribution in [0, 0.1) is 0 Å². The van der Waals surface area contributed by atoms with Crippen LogP contribution in [0.15, 0.2) is 11.6 Å². The van der Waals surface area contributed by atoms with Gasteiger partial charge in [-0.1, -0.05) is 33.6 Å². The smallest absolute Gasteiger partial charge is 0.253 e. The molecule has 0 radical (unpaired) electrons. The lowest BCUT2D eigenvalue weighted by Gasteiger charge is -2.28. The van der Waals surface area contributed by atoms with Gasteiger partial charge in [0.1, 0.15) is 6.04 Å². The second kappa shape index (κ2) is 7.96. The number of amides is 3. The van der Waals surface area contributed by atoms with Gasteiger partial charge in [0.25, 0.3) is 11.8 Å². The molecule has 21 heavy (non-hydrogen) atoms. The van der Waals surface area contributed by atoms with Gasteiger partial charge in [0.2, 0.25) is 5.91 Å². The van der Waals surface area contributed by atoms with E-state index in [2.05, 4.69) is 5.32 Å². The lowest BCUT2D eigenvalue weighted by molar-refractivity contribution is -0.146. The summed E-state index contributed by atoms with van der Waals surface area (Å²) in [4.78, 5) is 37.7. The van der Waals surface area contributed by atoms with Crippen LogP contribution in [0.3, 0.4) is 0 Å². The van der Waals surface area contributed by atoms with E-state index in [1.807, 2.05) is 20.8 Å². The largest absolute Gasteiger partial charge is 0.344 e. The van der Waals surface area contributed by atoms with Gasteiger partial charge in [-0.05, 0) is 25.3 Å². The van der Waals surface area contributed by atoms with Crippen molar-refractivity contribution in [3.05, 3.63) is 11.6 Å². The number of nitrogens with zero attached hydrogens (tertiary/aromatic N) is 1. The summed E-state index contributed by atoms with van der Waals surface area (Å²) >= 11 is 0. The van der Waals surface area contributed by atoms with E-state index < -0.39 is 6.04 Å². The van der Waals surface area contributed by atoms with Gasteiger partial charge in [0.05, 0.1) is 6.04 Å². The Morgan fingerprint density at radius 3 is 2.48 bits per heavy atom. The Hall–Kier alpha value is -1.65. The summed E-state index contributed by atoms with van der Waals surface area (Å²) in [6.07, 6.45) is 4.84. The van der Waals surface area contributed by atoms with E-state index in [0.717, 1.165) is 24.8 Å². The molecule has 0 saturated carbocycles. The molecule has 3 amide bonds. The quantitative estimate of drug-likeness (QED) is 0.782. The first-order chi connectivity index (χ1) is 9.96. The van der Waals surface area contributed by atoms with Crippen molar-refractivity contribution in [2.45, 2.75) is 71.9 Å².